The zero-order chi connectivity index (χ0) is 18.4. The van der Waals surface area contributed by atoms with E-state index < -0.39 is 0 Å². The average molecular weight is 367 g/mol. The van der Waals surface area contributed by atoms with Gasteiger partial charge in [-0.2, -0.15) is 0 Å². The van der Waals surface area contributed by atoms with Gasteiger partial charge in [-0.25, -0.2) is 4.63 Å². The Hall–Kier alpha value is -2.20. The third kappa shape index (κ3) is 4.70. The normalized spacial score (nSPS) is 23.5. The van der Waals surface area contributed by atoms with E-state index in [0.717, 1.165) is 0 Å². The van der Waals surface area contributed by atoms with Crippen molar-refractivity contribution in [1.82, 2.24) is 25.8 Å². The second-order valence-corrected chi connectivity index (χ2v) is 6.52. The first-order chi connectivity index (χ1) is 12.6. The standard InChI is InChI=1S/C16H25N5O5/c1-11-15(20-26-19-11)25-5-2-18-14(22)12-8-13(10-17-9-12)16(23)21-3-6-24-7-4-21/h12-13,17H,2-10H2,1H3,(H,18,22)/t12-,13+/m0/s1. The number of hydrogen-bond acceptors (Lipinski definition) is 8. The first kappa shape index (κ1) is 18.6. The Labute approximate surface area is 151 Å². The van der Waals surface area contributed by atoms with Gasteiger partial charge in [-0.05, 0) is 18.5 Å². The van der Waals surface area contributed by atoms with Crippen LogP contribution in [0.4, 0.5) is 0 Å². The number of morpholine rings is 1. The summed E-state index contributed by atoms with van der Waals surface area (Å²) in [6, 6.07) is 0. The largest absolute Gasteiger partial charge is 0.472 e. The van der Waals surface area contributed by atoms with Crippen LogP contribution in [-0.2, 0) is 14.3 Å². The first-order valence-electron chi connectivity index (χ1n) is 8.92. The molecule has 0 spiro atoms. The molecule has 2 aliphatic heterocycles. The summed E-state index contributed by atoms with van der Waals surface area (Å²) in [5.74, 6) is -0.0344. The van der Waals surface area contributed by atoms with Gasteiger partial charge in [-0.1, -0.05) is 5.16 Å². The van der Waals surface area contributed by atoms with Gasteiger partial charge in [0, 0.05) is 26.2 Å². The van der Waals surface area contributed by atoms with Gasteiger partial charge >= 0.3 is 0 Å². The third-order valence-corrected chi connectivity index (χ3v) is 4.64. The number of carbonyl (C=O) groups excluding carboxylic acids is 2. The lowest BCUT2D eigenvalue weighted by atomic mass is 9.88. The van der Waals surface area contributed by atoms with E-state index in [4.69, 9.17) is 9.47 Å². The van der Waals surface area contributed by atoms with Crippen LogP contribution in [0, 0.1) is 18.8 Å². The molecule has 2 fully saturated rings. The van der Waals surface area contributed by atoms with E-state index in [1.807, 2.05) is 4.90 Å². The van der Waals surface area contributed by atoms with E-state index in [-0.39, 0.29) is 30.3 Å². The molecule has 3 heterocycles. The molecule has 0 unspecified atom stereocenters. The number of hydrogen-bond donors (Lipinski definition) is 2. The summed E-state index contributed by atoms with van der Waals surface area (Å²) in [4.78, 5) is 26.8. The number of amides is 2. The van der Waals surface area contributed by atoms with Gasteiger partial charge < -0.3 is 25.0 Å². The number of ether oxygens (including phenoxy) is 2. The molecular formula is C16H25N5O5. The van der Waals surface area contributed by atoms with Crippen LogP contribution in [0.3, 0.4) is 0 Å². The summed E-state index contributed by atoms with van der Waals surface area (Å²) in [7, 11) is 0. The average Bonchev–Trinajstić information content (AvgIpc) is 3.10. The molecule has 0 saturated carbocycles. The lowest BCUT2D eigenvalue weighted by molar-refractivity contribution is -0.141. The predicted molar refractivity (Wildman–Crippen MR) is 89.4 cm³/mol. The van der Waals surface area contributed by atoms with E-state index >= 15 is 0 Å². The van der Waals surface area contributed by atoms with Crippen LogP contribution in [0.2, 0.25) is 0 Å². The van der Waals surface area contributed by atoms with Crippen LogP contribution in [0.15, 0.2) is 4.63 Å². The van der Waals surface area contributed by atoms with Crippen LogP contribution < -0.4 is 15.4 Å². The Morgan fingerprint density at radius 3 is 2.77 bits per heavy atom. The van der Waals surface area contributed by atoms with Gasteiger partial charge in [-0.3, -0.25) is 9.59 Å². The molecule has 0 aromatic carbocycles. The molecule has 0 aliphatic carbocycles. The van der Waals surface area contributed by atoms with Gasteiger partial charge in [0.25, 0.3) is 5.88 Å². The van der Waals surface area contributed by atoms with E-state index in [1.165, 1.54) is 0 Å². The summed E-state index contributed by atoms with van der Waals surface area (Å²) in [5.41, 5.74) is 0.567. The number of piperidine rings is 1. The molecule has 2 atom stereocenters. The second kappa shape index (κ2) is 8.95. The molecule has 0 bridgehead atoms. The molecule has 10 heteroatoms. The number of aromatic nitrogens is 2. The fraction of sp³-hybridized carbons (Fsp3) is 0.750. The maximum Gasteiger partial charge on any atom is 0.278 e. The molecule has 144 valence electrons. The van der Waals surface area contributed by atoms with Crippen molar-refractivity contribution in [3.05, 3.63) is 5.69 Å². The van der Waals surface area contributed by atoms with Crippen LogP contribution in [0.5, 0.6) is 5.88 Å². The zero-order valence-electron chi connectivity index (χ0n) is 14.9. The molecule has 2 saturated heterocycles. The molecule has 2 aliphatic rings. The minimum Gasteiger partial charge on any atom is -0.472 e. The van der Waals surface area contributed by atoms with Crippen LogP contribution in [-0.4, -0.2) is 79.6 Å². The van der Waals surface area contributed by atoms with Gasteiger partial charge in [-0.15, -0.1) is 0 Å². The zero-order valence-corrected chi connectivity index (χ0v) is 14.9. The topological polar surface area (TPSA) is 119 Å². The maximum atomic E-state index is 12.6. The second-order valence-electron chi connectivity index (χ2n) is 6.52. The number of carbonyl (C=O) groups is 2. The summed E-state index contributed by atoms with van der Waals surface area (Å²) in [5, 5.41) is 13.3. The Morgan fingerprint density at radius 1 is 1.27 bits per heavy atom. The Bertz CT molecular complexity index is 616. The highest BCUT2D eigenvalue weighted by Crippen LogP contribution is 2.19. The summed E-state index contributed by atoms with van der Waals surface area (Å²) < 4.78 is 15.2. The van der Waals surface area contributed by atoms with E-state index in [2.05, 4.69) is 25.6 Å². The van der Waals surface area contributed by atoms with Crippen LogP contribution >= 0.6 is 0 Å². The Balaban J connectivity index is 1.41. The van der Waals surface area contributed by atoms with Crippen molar-refractivity contribution >= 4 is 11.8 Å². The number of nitrogens with zero attached hydrogens (tertiary/aromatic N) is 3. The lowest BCUT2D eigenvalue weighted by Gasteiger charge is -2.34. The molecule has 2 amide bonds. The highest BCUT2D eigenvalue weighted by molar-refractivity contribution is 5.83. The molecule has 1 aromatic rings. The molecular weight excluding hydrogens is 342 g/mol. The molecule has 26 heavy (non-hydrogen) atoms. The molecule has 0 radical (unpaired) electrons. The van der Waals surface area contributed by atoms with Crippen molar-refractivity contribution in [2.24, 2.45) is 11.8 Å². The minimum absolute atomic E-state index is 0.0735. The van der Waals surface area contributed by atoms with Gasteiger partial charge in [0.15, 0.2) is 0 Å². The summed E-state index contributed by atoms with van der Waals surface area (Å²) in [6.07, 6.45) is 0.558. The van der Waals surface area contributed by atoms with Crippen LogP contribution in [0.25, 0.3) is 0 Å². The lowest BCUT2D eigenvalue weighted by Crippen LogP contribution is -2.51. The van der Waals surface area contributed by atoms with Crippen molar-refractivity contribution < 1.29 is 23.7 Å². The third-order valence-electron chi connectivity index (χ3n) is 4.64. The molecule has 2 N–H and O–H groups in total. The first-order valence-corrected chi connectivity index (χ1v) is 8.92. The summed E-state index contributed by atoms with van der Waals surface area (Å²) >= 11 is 0. The molecule has 10 nitrogen and oxygen atoms in total. The van der Waals surface area contributed by atoms with Crippen LogP contribution in [0.1, 0.15) is 12.1 Å². The van der Waals surface area contributed by atoms with Crippen molar-refractivity contribution in [2.45, 2.75) is 13.3 Å². The van der Waals surface area contributed by atoms with E-state index in [1.54, 1.807) is 6.92 Å². The van der Waals surface area contributed by atoms with Gasteiger partial charge in [0.05, 0.1) is 31.6 Å². The highest BCUT2D eigenvalue weighted by Gasteiger charge is 2.33. The Morgan fingerprint density at radius 2 is 2.04 bits per heavy atom. The molecule has 3 rings (SSSR count). The minimum atomic E-state index is -0.228. The van der Waals surface area contributed by atoms with E-state index in [0.29, 0.717) is 63.9 Å². The predicted octanol–water partition coefficient (Wildman–Crippen LogP) is -1.04. The number of rotatable bonds is 6. The summed E-state index contributed by atoms with van der Waals surface area (Å²) in [6.45, 7) is 5.95. The molecule has 1 aromatic heterocycles. The Kier molecular flexibility index (Phi) is 6.40. The SMILES string of the molecule is Cc1nonc1OCCNC(=O)[C@@H]1CNC[C@H](C(=O)N2CCOCC2)C1. The highest BCUT2D eigenvalue weighted by atomic mass is 16.6. The monoisotopic (exact) mass is 367 g/mol. The number of nitrogens with one attached hydrogen (secondary N) is 2. The van der Waals surface area contributed by atoms with Crippen molar-refractivity contribution in [2.75, 3.05) is 52.5 Å². The fourth-order valence-electron chi connectivity index (χ4n) is 3.19. The van der Waals surface area contributed by atoms with Gasteiger partial charge in [0.1, 0.15) is 12.3 Å². The van der Waals surface area contributed by atoms with Gasteiger partial charge in [0.2, 0.25) is 11.8 Å². The van der Waals surface area contributed by atoms with Crippen molar-refractivity contribution in [3.63, 3.8) is 0 Å². The van der Waals surface area contributed by atoms with Crippen molar-refractivity contribution in [3.8, 4) is 5.88 Å². The fourth-order valence-corrected chi connectivity index (χ4v) is 3.19. The maximum absolute atomic E-state index is 12.6. The number of aryl methyl sites for hydroxylation is 1. The smallest absolute Gasteiger partial charge is 0.278 e. The van der Waals surface area contributed by atoms with Crippen molar-refractivity contribution in [1.29, 1.82) is 0 Å². The van der Waals surface area contributed by atoms with E-state index in [9.17, 15) is 9.59 Å². The quantitative estimate of drug-likeness (QED) is 0.612.